The van der Waals surface area contributed by atoms with Crippen LogP contribution in [0.25, 0.3) is 0 Å². The molecule has 0 bridgehead atoms. The lowest BCUT2D eigenvalue weighted by Crippen LogP contribution is -2.24. The molecule has 116 valence electrons. The van der Waals surface area contributed by atoms with Gasteiger partial charge in [0.05, 0.1) is 23.7 Å². The molecule has 0 fully saturated rings. The van der Waals surface area contributed by atoms with E-state index in [9.17, 15) is 4.79 Å². The summed E-state index contributed by atoms with van der Waals surface area (Å²) in [6.45, 7) is 3.36. The van der Waals surface area contributed by atoms with Crippen molar-refractivity contribution in [2.75, 3.05) is 18.5 Å². The predicted molar refractivity (Wildman–Crippen MR) is 82.5 cm³/mol. The van der Waals surface area contributed by atoms with Crippen LogP contribution in [0.2, 0.25) is 5.02 Å². The van der Waals surface area contributed by atoms with Gasteiger partial charge >= 0.3 is 0 Å². The maximum atomic E-state index is 12.2. The molecule has 0 saturated heterocycles. The van der Waals surface area contributed by atoms with Gasteiger partial charge in [0.2, 0.25) is 5.91 Å². The van der Waals surface area contributed by atoms with Gasteiger partial charge in [-0.05, 0) is 12.1 Å². The van der Waals surface area contributed by atoms with Gasteiger partial charge in [-0.1, -0.05) is 18.5 Å². The Balaban J connectivity index is 1.63. The van der Waals surface area contributed by atoms with Crippen LogP contribution in [-0.4, -0.2) is 28.9 Å². The van der Waals surface area contributed by atoms with Gasteiger partial charge in [-0.25, -0.2) is 0 Å². The van der Waals surface area contributed by atoms with E-state index in [0.717, 1.165) is 0 Å². The molecule has 1 aromatic carbocycles. The van der Waals surface area contributed by atoms with E-state index >= 15 is 0 Å². The first-order valence-corrected chi connectivity index (χ1v) is 7.38. The number of halogens is 1. The van der Waals surface area contributed by atoms with Gasteiger partial charge in [-0.3, -0.25) is 9.48 Å². The lowest BCUT2D eigenvalue weighted by molar-refractivity contribution is -0.119. The molecule has 0 radical (unpaired) electrons. The first-order chi connectivity index (χ1) is 10.6. The van der Waals surface area contributed by atoms with E-state index in [1.54, 1.807) is 35.3 Å². The first-order valence-electron chi connectivity index (χ1n) is 7.00. The second-order valence-corrected chi connectivity index (χ2v) is 5.57. The van der Waals surface area contributed by atoms with Gasteiger partial charge in [0.15, 0.2) is 11.5 Å². The highest BCUT2D eigenvalue weighted by Crippen LogP contribution is 2.32. The highest BCUT2D eigenvalue weighted by atomic mass is 35.5. The zero-order valence-electron chi connectivity index (χ0n) is 12.1. The van der Waals surface area contributed by atoms with Gasteiger partial charge in [-0.15, -0.1) is 0 Å². The lowest BCUT2D eigenvalue weighted by atomic mass is 10.1. The third-order valence-electron chi connectivity index (χ3n) is 3.32. The fourth-order valence-electron chi connectivity index (χ4n) is 2.19. The summed E-state index contributed by atoms with van der Waals surface area (Å²) >= 11 is 5.81. The van der Waals surface area contributed by atoms with Crippen LogP contribution in [-0.2, 0) is 11.3 Å². The first kappa shape index (κ1) is 14.7. The molecule has 0 spiro atoms. The fraction of sp³-hybridized carbons (Fsp3) is 0.333. The number of aromatic nitrogens is 2. The van der Waals surface area contributed by atoms with Crippen molar-refractivity contribution in [1.29, 1.82) is 0 Å². The number of amides is 1. The SMILES string of the molecule is CC(Cn1cc(Cl)cn1)C(=O)Nc1ccc2c(c1)OCCO2. The molecular formula is C15H16ClN3O3. The molecule has 3 rings (SSSR count). The van der Waals surface area contributed by atoms with E-state index in [1.807, 2.05) is 6.92 Å². The van der Waals surface area contributed by atoms with Crippen LogP contribution in [0.5, 0.6) is 11.5 Å². The van der Waals surface area contributed by atoms with Gasteiger partial charge in [0, 0.05) is 18.0 Å². The largest absolute Gasteiger partial charge is 0.486 e. The van der Waals surface area contributed by atoms with E-state index in [-0.39, 0.29) is 11.8 Å². The highest BCUT2D eigenvalue weighted by molar-refractivity contribution is 6.30. The number of carbonyl (C=O) groups excluding carboxylic acids is 1. The molecule has 0 saturated carbocycles. The quantitative estimate of drug-likeness (QED) is 0.940. The molecule has 1 aliphatic heterocycles. The molecule has 2 aromatic rings. The van der Waals surface area contributed by atoms with E-state index in [2.05, 4.69) is 10.4 Å². The summed E-state index contributed by atoms with van der Waals surface area (Å²) in [6.07, 6.45) is 3.24. The van der Waals surface area contributed by atoms with Crippen LogP contribution in [0, 0.1) is 5.92 Å². The minimum absolute atomic E-state index is 0.0942. The van der Waals surface area contributed by atoms with E-state index in [1.165, 1.54) is 0 Å². The highest BCUT2D eigenvalue weighted by Gasteiger charge is 2.17. The van der Waals surface area contributed by atoms with Crippen molar-refractivity contribution < 1.29 is 14.3 Å². The fourth-order valence-corrected chi connectivity index (χ4v) is 2.34. The number of ether oxygens (including phenoxy) is 2. The number of hydrogen-bond acceptors (Lipinski definition) is 4. The number of carbonyl (C=O) groups is 1. The number of rotatable bonds is 4. The van der Waals surface area contributed by atoms with E-state index in [0.29, 0.717) is 42.0 Å². The van der Waals surface area contributed by atoms with Crippen molar-refractivity contribution in [2.45, 2.75) is 13.5 Å². The minimum Gasteiger partial charge on any atom is -0.486 e. The van der Waals surface area contributed by atoms with Crippen LogP contribution in [0.15, 0.2) is 30.6 Å². The number of anilines is 1. The standard InChI is InChI=1S/C15H16ClN3O3/c1-10(8-19-9-11(16)7-17-19)15(20)18-12-2-3-13-14(6-12)22-5-4-21-13/h2-3,6-7,9-10H,4-5,8H2,1H3,(H,18,20). The Morgan fingerprint density at radius 3 is 2.91 bits per heavy atom. The Kier molecular flexibility index (Phi) is 4.20. The molecule has 1 aliphatic rings. The van der Waals surface area contributed by atoms with Crippen molar-refractivity contribution in [3.05, 3.63) is 35.6 Å². The minimum atomic E-state index is -0.246. The summed E-state index contributed by atoms with van der Waals surface area (Å²) in [7, 11) is 0. The zero-order valence-corrected chi connectivity index (χ0v) is 12.8. The van der Waals surface area contributed by atoms with Crippen molar-refractivity contribution >= 4 is 23.2 Å². The summed E-state index contributed by atoms with van der Waals surface area (Å²) < 4.78 is 12.6. The molecule has 0 aliphatic carbocycles. The third-order valence-corrected chi connectivity index (χ3v) is 3.52. The van der Waals surface area contributed by atoms with Crippen molar-refractivity contribution in [3.8, 4) is 11.5 Å². The molecule has 1 aromatic heterocycles. The van der Waals surface area contributed by atoms with Crippen molar-refractivity contribution in [2.24, 2.45) is 5.92 Å². The molecule has 1 amide bonds. The number of hydrogen-bond donors (Lipinski definition) is 1. The molecule has 2 heterocycles. The summed E-state index contributed by atoms with van der Waals surface area (Å²) in [6, 6.07) is 5.36. The number of nitrogens with zero attached hydrogens (tertiary/aromatic N) is 2. The summed E-state index contributed by atoms with van der Waals surface area (Å²) in [5.74, 6) is 1.01. The average Bonchev–Trinajstić information content (AvgIpc) is 2.92. The van der Waals surface area contributed by atoms with Crippen LogP contribution >= 0.6 is 11.6 Å². The Morgan fingerprint density at radius 2 is 2.18 bits per heavy atom. The molecule has 1 unspecified atom stereocenters. The maximum absolute atomic E-state index is 12.2. The average molecular weight is 322 g/mol. The van der Waals surface area contributed by atoms with E-state index in [4.69, 9.17) is 21.1 Å². The van der Waals surface area contributed by atoms with Crippen LogP contribution < -0.4 is 14.8 Å². The smallest absolute Gasteiger partial charge is 0.229 e. The van der Waals surface area contributed by atoms with Gasteiger partial charge in [0.1, 0.15) is 13.2 Å². The van der Waals surface area contributed by atoms with Crippen LogP contribution in [0.1, 0.15) is 6.92 Å². The summed E-state index contributed by atoms with van der Waals surface area (Å²) in [5.41, 5.74) is 0.680. The molecule has 7 heteroatoms. The number of fused-ring (bicyclic) bond motifs is 1. The summed E-state index contributed by atoms with van der Waals surface area (Å²) in [5, 5.41) is 7.50. The monoisotopic (exact) mass is 321 g/mol. The van der Waals surface area contributed by atoms with Gasteiger partial charge in [0.25, 0.3) is 0 Å². The molecule has 22 heavy (non-hydrogen) atoms. The third kappa shape index (κ3) is 3.33. The number of benzene rings is 1. The Hall–Kier alpha value is -2.21. The maximum Gasteiger partial charge on any atom is 0.229 e. The van der Waals surface area contributed by atoms with Gasteiger partial charge < -0.3 is 14.8 Å². The predicted octanol–water partition coefficient (Wildman–Crippen LogP) is 2.58. The second kappa shape index (κ2) is 6.27. The Morgan fingerprint density at radius 1 is 1.41 bits per heavy atom. The topological polar surface area (TPSA) is 65.4 Å². The van der Waals surface area contributed by atoms with Gasteiger partial charge in [-0.2, -0.15) is 5.10 Å². The molecule has 1 atom stereocenters. The molecule has 1 N–H and O–H groups in total. The zero-order chi connectivity index (χ0) is 15.5. The van der Waals surface area contributed by atoms with E-state index < -0.39 is 0 Å². The Bertz CT molecular complexity index is 686. The Labute approximate surface area is 133 Å². The second-order valence-electron chi connectivity index (χ2n) is 5.13. The number of nitrogens with one attached hydrogen (secondary N) is 1. The molecular weight excluding hydrogens is 306 g/mol. The molecule has 6 nitrogen and oxygen atoms in total. The summed E-state index contributed by atoms with van der Waals surface area (Å²) in [4.78, 5) is 12.2. The van der Waals surface area contributed by atoms with Crippen molar-refractivity contribution in [1.82, 2.24) is 9.78 Å². The van der Waals surface area contributed by atoms with Crippen molar-refractivity contribution in [3.63, 3.8) is 0 Å². The lowest BCUT2D eigenvalue weighted by Gasteiger charge is -2.19. The van der Waals surface area contributed by atoms with Crippen LogP contribution in [0.4, 0.5) is 5.69 Å². The normalized spacial score (nSPS) is 14.5. The van der Waals surface area contributed by atoms with Crippen LogP contribution in [0.3, 0.4) is 0 Å².